The summed E-state index contributed by atoms with van der Waals surface area (Å²) in [6, 6.07) is 7.39. The Morgan fingerprint density at radius 1 is 1.44 bits per heavy atom. The Balaban J connectivity index is 2.50. The number of ketones is 1. The molecule has 0 aliphatic carbocycles. The van der Waals surface area contributed by atoms with E-state index in [2.05, 4.69) is 5.10 Å². The van der Waals surface area contributed by atoms with E-state index in [-0.39, 0.29) is 18.9 Å². The normalized spacial score (nSPS) is 12.8. The van der Waals surface area contributed by atoms with Gasteiger partial charge >= 0.3 is 0 Å². The maximum atomic E-state index is 11.8. The van der Waals surface area contributed by atoms with Gasteiger partial charge in [0.25, 0.3) is 0 Å². The molecule has 0 amide bonds. The Morgan fingerprint density at radius 3 is 2.83 bits per heavy atom. The maximum absolute atomic E-state index is 11.8. The highest BCUT2D eigenvalue weighted by molar-refractivity contribution is 6.05. The molecule has 0 saturated carbocycles. The van der Waals surface area contributed by atoms with Crippen molar-refractivity contribution >= 4 is 16.7 Å². The lowest BCUT2D eigenvalue weighted by Gasteiger charge is -2.07. The first-order valence-corrected chi connectivity index (χ1v) is 5.95. The molecule has 0 bridgehead atoms. The third-order valence-electron chi connectivity index (χ3n) is 2.84. The molecule has 1 aromatic carbocycles. The molecule has 2 aromatic rings. The number of aliphatic hydroxyl groups excluding tert-OH is 2. The van der Waals surface area contributed by atoms with Gasteiger partial charge in [-0.05, 0) is 6.07 Å². The molecule has 2 rings (SSSR count). The summed E-state index contributed by atoms with van der Waals surface area (Å²) in [5.41, 5.74) is 1.22. The molecule has 1 atom stereocenters. The average Bonchev–Trinajstić information content (AvgIpc) is 2.77. The first-order chi connectivity index (χ1) is 8.67. The lowest BCUT2D eigenvalue weighted by Crippen LogP contribution is -2.20. The summed E-state index contributed by atoms with van der Waals surface area (Å²) in [6.45, 7) is 1.64. The van der Waals surface area contributed by atoms with E-state index in [0.717, 1.165) is 10.9 Å². The number of rotatable bonds is 5. The summed E-state index contributed by atoms with van der Waals surface area (Å²) in [7, 11) is 0. The van der Waals surface area contributed by atoms with Gasteiger partial charge < -0.3 is 10.2 Å². The van der Waals surface area contributed by atoms with Crippen LogP contribution in [-0.4, -0.2) is 38.5 Å². The molecule has 2 N–H and O–H groups in total. The van der Waals surface area contributed by atoms with Gasteiger partial charge in [0.2, 0.25) is 0 Å². The number of aromatic nitrogens is 2. The summed E-state index contributed by atoms with van der Waals surface area (Å²) < 4.78 is 1.57. The number of carbonyl (C=O) groups is 1. The second kappa shape index (κ2) is 5.29. The molecular formula is C13H16N2O3. The van der Waals surface area contributed by atoms with Gasteiger partial charge in [-0.15, -0.1) is 0 Å². The van der Waals surface area contributed by atoms with E-state index in [0.29, 0.717) is 12.1 Å². The molecule has 1 aromatic heterocycles. The van der Waals surface area contributed by atoms with Gasteiger partial charge in [0, 0.05) is 11.8 Å². The number of nitrogens with zero attached hydrogens (tertiary/aromatic N) is 2. The largest absolute Gasteiger partial charge is 0.394 e. The van der Waals surface area contributed by atoms with Crippen molar-refractivity contribution in [3.63, 3.8) is 0 Å². The van der Waals surface area contributed by atoms with E-state index in [4.69, 9.17) is 5.11 Å². The fourth-order valence-corrected chi connectivity index (χ4v) is 1.90. The van der Waals surface area contributed by atoms with E-state index in [1.54, 1.807) is 11.6 Å². The van der Waals surface area contributed by atoms with E-state index in [9.17, 15) is 9.90 Å². The molecule has 0 radical (unpaired) electrons. The number of carbonyl (C=O) groups excluding carboxylic acids is 1. The third-order valence-corrected chi connectivity index (χ3v) is 2.84. The predicted octanol–water partition coefficient (Wildman–Crippen LogP) is 0.982. The number of fused-ring (bicyclic) bond motifs is 1. The van der Waals surface area contributed by atoms with Gasteiger partial charge in [-0.1, -0.05) is 25.1 Å². The first kappa shape index (κ1) is 12.7. The molecule has 5 nitrogen and oxygen atoms in total. The van der Waals surface area contributed by atoms with Crippen LogP contribution < -0.4 is 0 Å². The second-order valence-corrected chi connectivity index (χ2v) is 4.16. The first-order valence-electron chi connectivity index (χ1n) is 5.95. The van der Waals surface area contributed by atoms with Crippen LogP contribution in [0.4, 0.5) is 0 Å². The summed E-state index contributed by atoms with van der Waals surface area (Å²) in [5, 5.41) is 23.4. The summed E-state index contributed by atoms with van der Waals surface area (Å²) in [5.74, 6) is -0.0246. The van der Waals surface area contributed by atoms with Crippen molar-refractivity contribution < 1.29 is 15.0 Å². The van der Waals surface area contributed by atoms with Gasteiger partial charge in [-0.2, -0.15) is 5.10 Å². The van der Waals surface area contributed by atoms with Crippen molar-refractivity contribution in [1.82, 2.24) is 9.78 Å². The quantitative estimate of drug-likeness (QED) is 0.773. The molecule has 0 saturated heterocycles. The Bertz CT molecular complexity index is 562. The van der Waals surface area contributed by atoms with Crippen molar-refractivity contribution in [2.45, 2.75) is 26.0 Å². The predicted molar refractivity (Wildman–Crippen MR) is 67.4 cm³/mol. The lowest BCUT2D eigenvalue weighted by molar-refractivity contribution is 0.0789. The van der Waals surface area contributed by atoms with Crippen LogP contribution >= 0.6 is 0 Å². The zero-order chi connectivity index (χ0) is 13.1. The standard InChI is InChI=1S/C13H16N2O3/c1-2-12(18)13-10-5-3-4-6-11(10)15(14-13)7-9(17)8-16/h3-6,9,16-17H,2,7-8H2,1H3. The fraction of sp³-hybridized carbons (Fsp3) is 0.385. The Kier molecular flexibility index (Phi) is 3.74. The van der Waals surface area contributed by atoms with E-state index in [1.807, 2.05) is 24.3 Å². The zero-order valence-electron chi connectivity index (χ0n) is 10.2. The number of benzene rings is 1. The van der Waals surface area contributed by atoms with Crippen LogP contribution in [0.3, 0.4) is 0 Å². The highest BCUT2D eigenvalue weighted by atomic mass is 16.3. The minimum atomic E-state index is -0.877. The number of hydrogen-bond acceptors (Lipinski definition) is 4. The van der Waals surface area contributed by atoms with Gasteiger partial charge in [-0.3, -0.25) is 9.48 Å². The van der Waals surface area contributed by atoms with Crippen molar-refractivity contribution in [2.75, 3.05) is 6.61 Å². The van der Waals surface area contributed by atoms with Crippen molar-refractivity contribution in [3.05, 3.63) is 30.0 Å². The number of aliphatic hydroxyl groups is 2. The molecule has 96 valence electrons. The molecule has 1 heterocycles. The maximum Gasteiger partial charge on any atom is 0.183 e. The molecular weight excluding hydrogens is 232 g/mol. The molecule has 5 heteroatoms. The Hall–Kier alpha value is -1.72. The zero-order valence-corrected chi connectivity index (χ0v) is 10.2. The summed E-state index contributed by atoms with van der Waals surface area (Å²) >= 11 is 0. The SMILES string of the molecule is CCC(=O)c1nn(CC(O)CO)c2ccccc12. The minimum absolute atomic E-state index is 0.0246. The Morgan fingerprint density at radius 2 is 2.17 bits per heavy atom. The van der Waals surface area contributed by atoms with Gasteiger partial charge in [0.05, 0.1) is 24.8 Å². The van der Waals surface area contributed by atoms with Crippen LogP contribution in [0.1, 0.15) is 23.8 Å². The molecule has 0 fully saturated rings. The smallest absolute Gasteiger partial charge is 0.183 e. The molecule has 0 spiro atoms. The lowest BCUT2D eigenvalue weighted by atomic mass is 10.1. The molecule has 1 unspecified atom stereocenters. The highest BCUT2D eigenvalue weighted by Crippen LogP contribution is 2.19. The minimum Gasteiger partial charge on any atom is -0.394 e. The van der Waals surface area contributed by atoms with E-state index < -0.39 is 6.10 Å². The summed E-state index contributed by atoms with van der Waals surface area (Å²) in [4.78, 5) is 11.8. The molecule has 0 aliphatic heterocycles. The van der Waals surface area contributed by atoms with Gasteiger partial charge in [0.1, 0.15) is 5.69 Å². The monoisotopic (exact) mass is 248 g/mol. The molecule has 18 heavy (non-hydrogen) atoms. The van der Waals surface area contributed by atoms with Crippen molar-refractivity contribution in [2.24, 2.45) is 0 Å². The van der Waals surface area contributed by atoms with Crippen LogP contribution in [0.25, 0.3) is 10.9 Å². The fourth-order valence-electron chi connectivity index (χ4n) is 1.90. The van der Waals surface area contributed by atoms with E-state index >= 15 is 0 Å². The molecule has 0 aliphatic rings. The van der Waals surface area contributed by atoms with Gasteiger partial charge in [-0.25, -0.2) is 0 Å². The van der Waals surface area contributed by atoms with Crippen LogP contribution in [0.2, 0.25) is 0 Å². The van der Waals surface area contributed by atoms with Crippen LogP contribution in [0.5, 0.6) is 0 Å². The van der Waals surface area contributed by atoms with Crippen LogP contribution in [-0.2, 0) is 6.54 Å². The van der Waals surface area contributed by atoms with Crippen LogP contribution in [0.15, 0.2) is 24.3 Å². The number of hydrogen-bond donors (Lipinski definition) is 2. The second-order valence-electron chi connectivity index (χ2n) is 4.16. The Labute approximate surface area is 105 Å². The third kappa shape index (κ3) is 2.27. The van der Waals surface area contributed by atoms with Crippen LogP contribution in [0, 0.1) is 0 Å². The van der Waals surface area contributed by atoms with E-state index in [1.165, 1.54) is 0 Å². The topological polar surface area (TPSA) is 75.4 Å². The van der Waals surface area contributed by atoms with Crippen molar-refractivity contribution in [1.29, 1.82) is 0 Å². The highest BCUT2D eigenvalue weighted by Gasteiger charge is 2.16. The summed E-state index contributed by atoms with van der Waals surface area (Å²) in [6.07, 6.45) is -0.485. The average molecular weight is 248 g/mol. The van der Waals surface area contributed by atoms with Gasteiger partial charge in [0.15, 0.2) is 5.78 Å². The van der Waals surface area contributed by atoms with Crippen molar-refractivity contribution in [3.8, 4) is 0 Å². The number of Topliss-reactive ketones (excluding diaryl/α,β-unsaturated/α-hetero) is 1. The number of para-hydroxylation sites is 1.